The quantitative estimate of drug-likeness (QED) is 0.538. The normalized spacial score (nSPS) is 38.2. The molecule has 48 valence electrons. The number of aliphatic hydroxyl groups excluding tert-OH is 2. The molecule has 1 aliphatic heterocycles. The summed E-state index contributed by atoms with van der Waals surface area (Å²) in [4.78, 5) is 0. The van der Waals surface area contributed by atoms with E-state index in [1.165, 1.54) is 11.8 Å². The van der Waals surface area contributed by atoms with Gasteiger partial charge in [-0.05, 0) is 12.8 Å². The average Bonchev–Trinajstić information content (AvgIpc) is 2.14. The van der Waals surface area contributed by atoms with Gasteiger partial charge in [-0.1, -0.05) is 0 Å². The van der Waals surface area contributed by atoms with Crippen molar-refractivity contribution in [2.75, 3.05) is 6.61 Å². The second-order valence-electron chi connectivity index (χ2n) is 1.97. The van der Waals surface area contributed by atoms with E-state index in [0.29, 0.717) is 5.25 Å². The molecule has 0 radical (unpaired) electrons. The van der Waals surface area contributed by atoms with E-state index in [-0.39, 0.29) is 12.0 Å². The van der Waals surface area contributed by atoms with E-state index < -0.39 is 0 Å². The molecule has 0 aromatic rings. The summed E-state index contributed by atoms with van der Waals surface area (Å²) in [7, 11) is 0. The summed E-state index contributed by atoms with van der Waals surface area (Å²) in [5, 5.41) is 17.7. The van der Waals surface area contributed by atoms with Crippen LogP contribution in [0.15, 0.2) is 0 Å². The Morgan fingerprint density at radius 1 is 1.50 bits per heavy atom. The van der Waals surface area contributed by atoms with Crippen molar-refractivity contribution >= 4 is 11.8 Å². The van der Waals surface area contributed by atoms with Crippen molar-refractivity contribution < 1.29 is 10.2 Å². The van der Waals surface area contributed by atoms with Gasteiger partial charge in [0, 0.05) is 5.25 Å². The van der Waals surface area contributed by atoms with Crippen LogP contribution in [0.25, 0.3) is 0 Å². The Balaban J connectivity index is 2.22. The molecule has 1 rings (SSSR count). The van der Waals surface area contributed by atoms with E-state index in [9.17, 15) is 0 Å². The third kappa shape index (κ3) is 1.37. The van der Waals surface area contributed by atoms with Gasteiger partial charge in [0.1, 0.15) is 0 Å². The van der Waals surface area contributed by atoms with E-state index in [4.69, 9.17) is 10.2 Å². The van der Waals surface area contributed by atoms with E-state index in [0.717, 1.165) is 12.8 Å². The maximum Gasteiger partial charge on any atom is 0.0996 e. The Morgan fingerprint density at radius 2 is 2.25 bits per heavy atom. The van der Waals surface area contributed by atoms with Gasteiger partial charge < -0.3 is 10.2 Å². The van der Waals surface area contributed by atoms with Crippen molar-refractivity contribution in [2.45, 2.75) is 23.5 Å². The first-order chi connectivity index (χ1) is 3.83. The molecule has 1 saturated heterocycles. The summed E-state index contributed by atoms with van der Waals surface area (Å²) >= 11 is 1.47. The van der Waals surface area contributed by atoms with Crippen molar-refractivity contribution in [1.82, 2.24) is 0 Å². The smallest absolute Gasteiger partial charge is 0.0996 e. The predicted molar refractivity (Wildman–Crippen MR) is 33.7 cm³/mol. The molecule has 0 aromatic carbocycles. The number of rotatable bonds is 1. The third-order valence-corrected chi connectivity index (χ3v) is 2.61. The molecule has 0 bridgehead atoms. The maximum atomic E-state index is 8.88. The van der Waals surface area contributed by atoms with Gasteiger partial charge in [-0.3, -0.25) is 0 Å². The second kappa shape index (κ2) is 2.71. The van der Waals surface area contributed by atoms with Gasteiger partial charge in [-0.2, -0.15) is 0 Å². The molecule has 2 nitrogen and oxygen atoms in total. The van der Waals surface area contributed by atoms with E-state index in [1.54, 1.807) is 0 Å². The number of hydrogen-bond acceptors (Lipinski definition) is 3. The van der Waals surface area contributed by atoms with Crippen LogP contribution in [0.2, 0.25) is 0 Å². The third-order valence-electron chi connectivity index (χ3n) is 1.29. The van der Waals surface area contributed by atoms with Crippen LogP contribution in [0.5, 0.6) is 0 Å². The Bertz CT molecular complexity index is 76.8. The SMILES string of the molecule is OCC1CCC(O)S1. The topological polar surface area (TPSA) is 40.5 Å². The van der Waals surface area contributed by atoms with Crippen molar-refractivity contribution in [3.8, 4) is 0 Å². The van der Waals surface area contributed by atoms with Gasteiger partial charge in [0.2, 0.25) is 0 Å². The van der Waals surface area contributed by atoms with E-state index >= 15 is 0 Å². The molecule has 0 amide bonds. The highest BCUT2D eigenvalue weighted by atomic mass is 32.2. The molecule has 2 atom stereocenters. The number of thioether (sulfide) groups is 1. The van der Waals surface area contributed by atoms with Crippen molar-refractivity contribution in [3.63, 3.8) is 0 Å². The zero-order chi connectivity index (χ0) is 5.98. The summed E-state index contributed by atoms with van der Waals surface area (Å²) < 4.78 is 0. The molecule has 0 aromatic heterocycles. The van der Waals surface area contributed by atoms with Gasteiger partial charge in [0.25, 0.3) is 0 Å². The average molecular weight is 134 g/mol. The molecule has 0 spiro atoms. The van der Waals surface area contributed by atoms with Crippen molar-refractivity contribution in [1.29, 1.82) is 0 Å². The number of hydrogen-bond donors (Lipinski definition) is 2. The lowest BCUT2D eigenvalue weighted by molar-refractivity contribution is 0.255. The number of aliphatic hydroxyl groups is 2. The molecular formula is C5H10O2S. The van der Waals surface area contributed by atoms with Crippen LogP contribution in [-0.4, -0.2) is 27.5 Å². The molecule has 3 heteroatoms. The molecule has 8 heavy (non-hydrogen) atoms. The summed E-state index contributed by atoms with van der Waals surface area (Å²) in [6, 6.07) is 0. The molecule has 0 aliphatic carbocycles. The first-order valence-corrected chi connectivity index (χ1v) is 3.71. The Morgan fingerprint density at radius 3 is 2.50 bits per heavy atom. The molecule has 1 fully saturated rings. The second-order valence-corrected chi connectivity index (χ2v) is 3.46. The summed E-state index contributed by atoms with van der Waals surface area (Å²) in [5.74, 6) is 0. The molecule has 2 unspecified atom stereocenters. The lowest BCUT2D eigenvalue weighted by Gasteiger charge is -2.00. The van der Waals surface area contributed by atoms with Gasteiger partial charge in [-0.25, -0.2) is 0 Å². The van der Waals surface area contributed by atoms with Crippen LogP contribution >= 0.6 is 11.8 Å². The van der Waals surface area contributed by atoms with Crippen LogP contribution < -0.4 is 0 Å². The van der Waals surface area contributed by atoms with E-state index in [1.807, 2.05) is 0 Å². The fourth-order valence-electron chi connectivity index (χ4n) is 0.821. The molecule has 1 aliphatic rings. The fourth-order valence-corrected chi connectivity index (χ4v) is 1.90. The van der Waals surface area contributed by atoms with Crippen molar-refractivity contribution in [3.05, 3.63) is 0 Å². The largest absolute Gasteiger partial charge is 0.395 e. The van der Waals surface area contributed by atoms with Gasteiger partial charge >= 0.3 is 0 Å². The van der Waals surface area contributed by atoms with Gasteiger partial charge in [-0.15, -0.1) is 11.8 Å². The Kier molecular flexibility index (Phi) is 2.16. The fraction of sp³-hybridized carbons (Fsp3) is 1.00. The lowest BCUT2D eigenvalue weighted by atomic mass is 10.2. The lowest BCUT2D eigenvalue weighted by Crippen LogP contribution is -2.02. The van der Waals surface area contributed by atoms with Crippen LogP contribution in [0.4, 0.5) is 0 Å². The minimum atomic E-state index is -0.216. The Hall–Kier alpha value is 0.270. The predicted octanol–water partition coefficient (Wildman–Crippen LogP) is 0.193. The summed E-state index contributed by atoms with van der Waals surface area (Å²) in [6.07, 6.45) is 1.80. The van der Waals surface area contributed by atoms with E-state index in [2.05, 4.69) is 0 Å². The minimum absolute atomic E-state index is 0.210. The Labute approximate surface area is 52.9 Å². The van der Waals surface area contributed by atoms with Gasteiger partial charge in [0.05, 0.1) is 12.0 Å². The highest BCUT2D eigenvalue weighted by Gasteiger charge is 2.21. The molecule has 0 saturated carbocycles. The standard InChI is InChI=1S/C5H10O2S/c6-3-4-1-2-5(7)8-4/h4-7H,1-3H2. The first kappa shape index (κ1) is 6.39. The molecule has 1 heterocycles. The first-order valence-electron chi connectivity index (χ1n) is 2.77. The van der Waals surface area contributed by atoms with Crippen LogP contribution in [0, 0.1) is 0 Å². The maximum absolute atomic E-state index is 8.88. The zero-order valence-electron chi connectivity index (χ0n) is 4.58. The van der Waals surface area contributed by atoms with Crippen LogP contribution in [-0.2, 0) is 0 Å². The summed E-state index contributed by atoms with van der Waals surface area (Å²) in [5.41, 5.74) is -0.216. The van der Waals surface area contributed by atoms with Crippen LogP contribution in [0.3, 0.4) is 0 Å². The van der Waals surface area contributed by atoms with Gasteiger partial charge in [0.15, 0.2) is 0 Å². The molecular weight excluding hydrogens is 124 g/mol. The summed E-state index contributed by atoms with van der Waals surface area (Å²) in [6.45, 7) is 0.210. The molecule has 2 N–H and O–H groups in total. The monoisotopic (exact) mass is 134 g/mol. The zero-order valence-corrected chi connectivity index (χ0v) is 5.40. The highest BCUT2D eigenvalue weighted by molar-refractivity contribution is 8.00. The minimum Gasteiger partial charge on any atom is -0.395 e. The van der Waals surface area contributed by atoms with Crippen molar-refractivity contribution in [2.24, 2.45) is 0 Å². The van der Waals surface area contributed by atoms with Crippen LogP contribution in [0.1, 0.15) is 12.8 Å². The highest BCUT2D eigenvalue weighted by Crippen LogP contribution is 2.30.